The molecule has 96 valence electrons. The van der Waals surface area contributed by atoms with Gasteiger partial charge in [0, 0.05) is 23.4 Å². The molecule has 0 aliphatic heterocycles. The van der Waals surface area contributed by atoms with E-state index in [0.29, 0.717) is 12.2 Å². The summed E-state index contributed by atoms with van der Waals surface area (Å²) in [6.45, 7) is 3.37. The number of carbonyl (C=O) groups excluding carboxylic acids is 1. The highest BCUT2D eigenvalue weighted by Gasteiger charge is 2.12. The van der Waals surface area contributed by atoms with Gasteiger partial charge in [-0.25, -0.2) is 0 Å². The molecule has 2 N–H and O–H groups in total. The van der Waals surface area contributed by atoms with Gasteiger partial charge in [-0.15, -0.1) is 0 Å². The van der Waals surface area contributed by atoms with Crippen LogP contribution in [0.15, 0.2) is 29.0 Å². The monoisotopic (exact) mass is 310 g/mol. The first-order valence-corrected chi connectivity index (χ1v) is 6.62. The zero-order valence-electron chi connectivity index (χ0n) is 10.1. The molecule has 0 bridgehead atoms. The van der Waals surface area contributed by atoms with Gasteiger partial charge in [0.25, 0.3) is 5.91 Å². The Labute approximate surface area is 114 Å². The lowest BCUT2D eigenvalue weighted by Crippen LogP contribution is -2.25. The Balaban J connectivity index is 2.03. The normalized spacial score (nSPS) is 10.6. The maximum atomic E-state index is 12.1. The molecule has 0 saturated carbocycles. The predicted molar refractivity (Wildman–Crippen MR) is 72.2 cm³/mol. The minimum Gasteiger partial charge on any atom is -0.345 e. The summed E-state index contributed by atoms with van der Waals surface area (Å²) in [5, 5.41) is 9.50. The number of H-pyrrole nitrogens is 1. The summed E-state index contributed by atoms with van der Waals surface area (Å²) in [6, 6.07) is 3.67. The molecular formula is C12H15BrN4O. The topological polar surface area (TPSA) is 62.7 Å². The highest BCUT2D eigenvalue weighted by molar-refractivity contribution is 9.10. The van der Waals surface area contributed by atoms with Crippen molar-refractivity contribution in [3.8, 4) is 0 Å². The second-order valence-corrected chi connectivity index (χ2v) is 4.92. The smallest absolute Gasteiger partial charge is 0.268 e. The maximum absolute atomic E-state index is 12.1. The van der Waals surface area contributed by atoms with Crippen LogP contribution in [0.3, 0.4) is 0 Å². The molecule has 0 unspecified atom stereocenters. The standard InChI is InChI=1S/C12H15BrN4O/c1-2-5-17-8-9(13)6-11(17)12(18)14-7-10-3-4-15-16-10/h3-4,6,8H,2,5,7H2,1H3,(H,14,18)(H,15,16). The van der Waals surface area contributed by atoms with Crippen molar-refractivity contribution in [3.63, 3.8) is 0 Å². The van der Waals surface area contributed by atoms with Gasteiger partial charge < -0.3 is 9.88 Å². The number of carbonyl (C=O) groups is 1. The molecule has 0 aliphatic rings. The van der Waals surface area contributed by atoms with E-state index in [0.717, 1.165) is 23.1 Å². The predicted octanol–water partition coefficient (Wildman–Crippen LogP) is 2.31. The fraction of sp³-hybridized carbons (Fsp3) is 0.333. The SMILES string of the molecule is CCCn1cc(Br)cc1C(=O)NCc1ccn[nH]1. The Morgan fingerprint density at radius 2 is 2.44 bits per heavy atom. The van der Waals surface area contributed by atoms with Gasteiger partial charge in [0.05, 0.1) is 12.2 Å². The van der Waals surface area contributed by atoms with E-state index < -0.39 is 0 Å². The molecule has 18 heavy (non-hydrogen) atoms. The summed E-state index contributed by atoms with van der Waals surface area (Å²) in [5.41, 5.74) is 1.55. The number of amides is 1. The summed E-state index contributed by atoms with van der Waals surface area (Å²) in [5.74, 6) is -0.0799. The van der Waals surface area contributed by atoms with E-state index >= 15 is 0 Å². The molecule has 2 heterocycles. The van der Waals surface area contributed by atoms with E-state index in [1.165, 1.54) is 0 Å². The Morgan fingerprint density at radius 1 is 1.61 bits per heavy atom. The number of halogens is 1. The van der Waals surface area contributed by atoms with E-state index in [9.17, 15) is 4.79 Å². The molecule has 2 aromatic heterocycles. The summed E-state index contributed by atoms with van der Waals surface area (Å²) in [4.78, 5) is 12.1. The van der Waals surface area contributed by atoms with Crippen LogP contribution in [-0.4, -0.2) is 20.7 Å². The van der Waals surface area contributed by atoms with Crippen LogP contribution < -0.4 is 5.32 Å². The second-order valence-electron chi connectivity index (χ2n) is 4.00. The van der Waals surface area contributed by atoms with Crippen molar-refractivity contribution in [1.29, 1.82) is 0 Å². The average molecular weight is 311 g/mol. The Bertz CT molecular complexity index is 518. The molecule has 1 amide bonds. The van der Waals surface area contributed by atoms with Crippen molar-refractivity contribution < 1.29 is 4.79 Å². The quantitative estimate of drug-likeness (QED) is 0.890. The molecule has 0 radical (unpaired) electrons. The van der Waals surface area contributed by atoms with Gasteiger partial charge >= 0.3 is 0 Å². The number of aromatic amines is 1. The summed E-state index contributed by atoms with van der Waals surface area (Å²) in [6.07, 6.45) is 4.58. The van der Waals surface area contributed by atoms with Crippen molar-refractivity contribution in [2.24, 2.45) is 0 Å². The van der Waals surface area contributed by atoms with E-state index in [1.54, 1.807) is 6.20 Å². The number of nitrogens with one attached hydrogen (secondary N) is 2. The first-order valence-electron chi connectivity index (χ1n) is 5.83. The van der Waals surface area contributed by atoms with Crippen LogP contribution in [0.25, 0.3) is 0 Å². The molecule has 0 aliphatic carbocycles. The van der Waals surface area contributed by atoms with Crippen molar-refractivity contribution in [3.05, 3.63) is 40.4 Å². The third kappa shape index (κ3) is 3.01. The molecule has 2 aromatic rings. The molecule has 0 aromatic carbocycles. The highest BCUT2D eigenvalue weighted by atomic mass is 79.9. The maximum Gasteiger partial charge on any atom is 0.268 e. The van der Waals surface area contributed by atoms with Gasteiger partial charge in [-0.05, 0) is 34.5 Å². The number of aromatic nitrogens is 3. The summed E-state index contributed by atoms with van der Waals surface area (Å²) in [7, 11) is 0. The molecule has 5 nitrogen and oxygen atoms in total. The molecule has 0 saturated heterocycles. The van der Waals surface area contributed by atoms with Crippen LogP contribution in [0, 0.1) is 0 Å². The van der Waals surface area contributed by atoms with Gasteiger partial charge in [-0.2, -0.15) is 5.10 Å². The third-order valence-electron chi connectivity index (χ3n) is 2.56. The van der Waals surface area contributed by atoms with Gasteiger partial charge in [0.15, 0.2) is 0 Å². The second kappa shape index (κ2) is 5.86. The lowest BCUT2D eigenvalue weighted by Gasteiger charge is -2.07. The van der Waals surface area contributed by atoms with Crippen molar-refractivity contribution in [2.45, 2.75) is 26.4 Å². The Morgan fingerprint density at radius 3 is 3.11 bits per heavy atom. The summed E-state index contributed by atoms with van der Waals surface area (Å²) < 4.78 is 2.87. The number of nitrogens with zero attached hydrogens (tertiary/aromatic N) is 2. The molecular weight excluding hydrogens is 296 g/mol. The van der Waals surface area contributed by atoms with E-state index in [1.807, 2.05) is 22.9 Å². The number of aryl methyl sites for hydroxylation is 1. The molecule has 6 heteroatoms. The average Bonchev–Trinajstić information content (AvgIpc) is 2.96. The fourth-order valence-corrected chi connectivity index (χ4v) is 2.20. The van der Waals surface area contributed by atoms with Crippen molar-refractivity contribution >= 4 is 21.8 Å². The van der Waals surface area contributed by atoms with E-state index in [-0.39, 0.29) is 5.91 Å². The van der Waals surface area contributed by atoms with Gasteiger partial charge in [0.1, 0.15) is 5.69 Å². The third-order valence-corrected chi connectivity index (χ3v) is 2.99. The van der Waals surface area contributed by atoms with Crippen LogP contribution in [0.2, 0.25) is 0 Å². The van der Waals surface area contributed by atoms with Crippen molar-refractivity contribution in [2.75, 3.05) is 0 Å². The minimum atomic E-state index is -0.0799. The largest absolute Gasteiger partial charge is 0.345 e. The zero-order valence-corrected chi connectivity index (χ0v) is 11.7. The van der Waals surface area contributed by atoms with E-state index in [4.69, 9.17) is 0 Å². The zero-order chi connectivity index (χ0) is 13.0. The van der Waals surface area contributed by atoms with Crippen LogP contribution in [0.5, 0.6) is 0 Å². The van der Waals surface area contributed by atoms with Gasteiger partial charge in [0.2, 0.25) is 0 Å². The van der Waals surface area contributed by atoms with Gasteiger partial charge in [-0.3, -0.25) is 9.89 Å². The molecule has 0 spiro atoms. The lowest BCUT2D eigenvalue weighted by atomic mass is 10.3. The summed E-state index contributed by atoms with van der Waals surface area (Å²) >= 11 is 3.39. The van der Waals surface area contributed by atoms with E-state index in [2.05, 4.69) is 38.4 Å². The first kappa shape index (κ1) is 12.9. The van der Waals surface area contributed by atoms with Gasteiger partial charge in [-0.1, -0.05) is 6.92 Å². The fourth-order valence-electron chi connectivity index (χ4n) is 1.74. The van der Waals surface area contributed by atoms with Crippen LogP contribution >= 0.6 is 15.9 Å². The highest BCUT2D eigenvalue weighted by Crippen LogP contribution is 2.15. The first-order chi connectivity index (χ1) is 8.70. The van der Waals surface area contributed by atoms with Crippen LogP contribution in [-0.2, 0) is 13.1 Å². The van der Waals surface area contributed by atoms with Crippen LogP contribution in [0.4, 0.5) is 0 Å². The Kier molecular flexibility index (Phi) is 4.19. The number of hydrogen-bond donors (Lipinski definition) is 2. The van der Waals surface area contributed by atoms with Crippen LogP contribution in [0.1, 0.15) is 29.5 Å². The number of hydrogen-bond acceptors (Lipinski definition) is 2. The molecule has 0 fully saturated rings. The Hall–Kier alpha value is -1.56. The minimum absolute atomic E-state index is 0.0799. The number of rotatable bonds is 5. The lowest BCUT2D eigenvalue weighted by molar-refractivity contribution is 0.0941. The van der Waals surface area contributed by atoms with Crippen molar-refractivity contribution in [1.82, 2.24) is 20.1 Å². The molecule has 2 rings (SSSR count). The molecule has 0 atom stereocenters.